The molecule has 14 nitrogen and oxygen atoms in total. The van der Waals surface area contributed by atoms with Crippen LogP contribution in [0.3, 0.4) is 0 Å². The number of benzene rings is 3. The highest BCUT2D eigenvalue weighted by Crippen LogP contribution is 2.41. The van der Waals surface area contributed by atoms with Crippen LogP contribution in [0.25, 0.3) is 33.4 Å². The van der Waals surface area contributed by atoms with E-state index in [1.165, 1.54) is 14.2 Å². The van der Waals surface area contributed by atoms with Crippen molar-refractivity contribution in [3.63, 3.8) is 0 Å². The van der Waals surface area contributed by atoms with Gasteiger partial charge in [0.2, 0.25) is 5.91 Å². The lowest BCUT2D eigenvalue weighted by atomic mass is 9.98. The second-order valence-electron chi connectivity index (χ2n) is 14.0. The molecule has 5 aromatic rings. The van der Waals surface area contributed by atoms with Crippen LogP contribution in [-0.4, -0.2) is 86.6 Å². The van der Waals surface area contributed by atoms with Gasteiger partial charge in [0.15, 0.2) is 0 Å². The standard InChI is InChI=1S/C40H42N8O6/c1-53-39(51)45-29-18-15-27-16-19-33(48(27)37(29)49)35-41-22-31(44-35)24-12-10-23(11-13-24)26-14-17-28-30(21-26)43-36(42-28)32-9-6-20-47(32)38(50)34(46-40(52)54-2)25-7-4-3-5-8-25/h3-5,7-8,10-14,17,21-22,27,29,32-34H,6,9,15-16,18-20H2,1-2H3,(H,41,44)(H,42,43)(H,45,51)(H,46,52). The minimum Gasteiger partial charge on any atom is -0.453 e. The molecule has 0 spiro atoms. The van der Waals surface area contributed by atoms with Crippen molar-refractivity contribution in [2.75, 3.05) is 20.8 Å². The third-order valence-corrected chi connectivity index (χ3v) is 10.9. The highest BCUT2D eigenvalue weighted by atomic mass is 16.5. The van der Waals surface area contributed by atoms with Crippen molar-refractivity contribution in [3.8, 4) is 22.4 Å². The Labute approximate surface area is 311 Å². The number of fused-ring (bicyclic) bond motifs is 2. The molecule has 5 unspecified atom stereocenters. The van der Waals surface area contributed by atoms with Gasteiger partial charge in [-0.25, -0.2) is 19.6 Å². The van der Waals surface area contributed by atoms with Crippen molar-refractivity contribution in [3.05, 3.63) is 96.2 Å². The number of hydrogen-bond acceptors (Lipinski definition) is 8. The van der Waals surface area contributed by atoms with Crippen LogP contribution in [0, 0.1) is 0 Å². The number of nitrogens with zero attached hydrogens (tertiary/aromatic N) is 4. The van der Waals surface area contributed by atoms with Crippen LogP contribution in [0.4, 0.5) is 9.59 Å². The van der Waals surface area contributed by atoms with E-state index in [-0.39, 0.29) is 29.9 Å². The Morgan fingerprint density at radius 1 is 0.815 bits per heavy atom. The van der Waals surface area contributed by atoms with Gasteiger partial charge in [-0.3, -0.25) is 9.59 Å². The minimum atomic E-state index is -0.884. The Bertz CT molecular complexity index is 2180. The molecule has 4 amide bonds. The van der Waals surface area contributed by atoms with Crippen molar-refractivity contribution in [1.82, 2.24) is 40.4 Å². The zero-order valence-electron chi connectivity index (χ0n) is 30.1. The fraction of sp³-hybridized carbons (Fsp3) is 0.350. The maximum Gasteiger partial charge on any atom is 0.407 e. The average molecular weight is 731 g/mol. The molecule has 0 aliphatic carbocycles. The first-order valence-corrected chi connectivity index (χ1v) is 18.3. The number of likely N-dealkylation sites (tertiary alicyclic amines) is 1. The first-order valence-electron chi connectivity index (χ1n) is 18.3. The highest BCUT2D eigenvalue weighted by molar-refractivity contribution is 5.88. The van der Waals surface area contributed by atoms with Crippen LogP contribution in [0.5, 0.6) is 0 Å². The predicted octanol–water partition coefficient (Wildman–Crippen LogP) is 5.93. The van der Waals surface area contributed by atoms with Crippen molar-refractivity contribution in [1.29, 1.82) is 0 Å². The topological polar surface area (TPSA) is 175 Å². The second-order valence-corrected chi connectivity index (χ2v) is 14.0. The summed E-state index contributed by atoms with van der Waals surface area (Å²) in [5.41, 5.74) is 6.20. The number of H-pyrrole nitrogens is 2. The van der Waals surface area contributed by atoms with Crippen molar-refractivity contribution in [2.24, 2.45) is 0 Å². The summed E-state index contributed by atoms with van der Waals surface area (Å²) in [6.07, 6.45) is 5.21. The van der Waals surface area contributed by atoms with Crippen LogP contribution in [-0.2, 0) is 19.1 Å². The Hall–Kier alpha value is -6.18. The quantitative estimate of drug-likeness (QED) is 0.152. The molecule has 3 saturated heterocycles. The van der Waals surface area contributed by atoms with Gasteiger partial charge in [0, 0.05) is 12.6 Å². The Kier molecular flexibility index (Phi) is 9.48. The summed E-state index contributed by atoms with van der Waals surface area (Å²) >= 11 is 0. The molecule has 5 atom stereocenters. The number of alkyl carbamates (subject to hydrolysis) is 2. The van der Waals surface area contributed by atoms with Gasteiger partial charge in [-0.1, -0.05) is 60.7 Å². The number of rotatable bonds is 8. The number of ether oxygens (including phenoxy) is 2. The zero-order valence-corrected chi connectivity index (χ0v) is 30.1. The van der Waals surface area contributed by atoms with E-state index >= 15 is 0 Å². The molecule has 4 N–H and O–H groups in total. The fourth-order valence-corrected chi connectivity index (χ4v) is 8.22. The van der Waals surface area contributed by atoms with Gasteiger partial charge in [-0.15, -0.1) is 0 Å². The number of carbonyl (C=O) groups excluding carboxylic acids is 4. The summed E-state index contributed by atoms with van der Waals surface area (Å²) in [4.78, 5) is 71.5. The maximum atomic E-state index is 13.9. The molecule has 0 saturated carbocycles. The third-order valence-electron chi connectivity index (χ3n) is 10.9. The first kappa shape index (κ1) is 34.9. The SMILES string of the molecule is COC(=O)NC1CCC2CCC(c3ncc(-c4ccc(-c5ccc6nc(C7CCCN7C(=O)C(NC(=O)OC)c7ccccc7)[nH]c6c5)cc4)[nH]3)N2C1=O. The summed E-state index contributed by atoms with van der Waals surface area (Å²) in [5, 5.41) is 5.39. The number of imidazole rings is 2. The van der Waals surface area contributed by atoms with Crippen LogP contribution in [0.2, 0.25) is 0 Å². The molecular weight excluding hydrogens is 688 g/mol. The molecule has 14 heteroatoms. The molecule has 278 valence electrons. The lowest BCUT2D eigenvalue weighted by Crippen LogP contribution is -2.54. The van der Waals surface area contributed by atoms with Gasteiger partial charge < -0.3 is 39.9 Å². The molecule has 2 aromatic heterocycles. The smallest absolute Gasteiger partial charge is 0.407 e. The Balaban J connectivity index is 0.972. The summed E-state index contributed by atoms with van der Waals surface area (Å²) < 4.78 is 9.55. The van der Waals surface area contributed by atoms with E-state index in [1.807, 2.05) is 59.5 Å². The Morgan fingerprint density at radius 2 is 1.56 bits per heavy atom. The van der Waals surface area contributed by atoms with E-state index in [1.54, 1.807) is 11.1 Å². The molecule has 8 rings (SSSR count). The molecule has 3 aliphatic heterocycles. The number of nitrogens with one attached hydrogen (secondary N) is 4. The lowest BCUT2D eigenvalue weighted by Gasteiger charge is -2.37. The number of amides is 4. The van der Waals surface area contributed by atoms with E-state index < -0.39 is 24.3 Å². The van der Waals surface area contributed by atoms with Crippen molar-refractivity contribution >= 4 is 35.0 Å². The molecule has 0 bridgehead atoms. The summed E-state index contributed by atoms with van der Waals surface area (Å²) in [6.45, 7) is 0.550. The number of aromatic amines is 2. The number of hydrogen-bond donors (Lipinski definition) is 4. The average Bonchev–Trinajstić information content (AvgIpc) is 4.03. The van der Waals surface area contributed by atoms with E-state index in [0.717, 1.165) is 71.3 Å². The summed E-state index contributed by atoms with van der Waals surface area (Å²) in [6, 6.07) is 21.7. The van der Waals surface area contributed by atoms with Crippen LogP contribution in [0.15, 0.2) is 79.0 Å². The summed E-state index contributed by atoms with van der Waals surface area (Å²) in [7, 11) is 2.57. The molecule has 3 aliphatic rings. The number of carbonyl (C=O) groups is 4. The van der Waals surface area contributed by atoms with Crippen LogP contribution >= 0.6 is 0 Å². The van der Waals surface area contributed by atoms with Crippen molar-refractivity contribution in [2.45, 2.75) is 68.7 Å². The lowest BCUT2D eigenvalue weighted by molar-refractivity contribution is -0.139. The maximum absolute atomic E-state index is 13.9. The molecule has 54 heavy (non-hydrogen) atoms. The second kappa shape index (κ2) is 14.7. The zero-order chi connectivity index (χ0) is 37.3. The van der Waals surface area contributed by atoms with Crippen LogP contribution in [0.1, 0.15) is 73.9 Å². The molecule has 5 heterocycles. The number of aromatic nitrogens is 4. The Morgan fingerprint density at radius 3 is 2.33 bits per heavy atom. The largest absolute Gasteiger partial charge is 0.453 e. The monoisotopic (exact) mass is 730 g/mol. The van der Waals surface area contributed by atoms with Crippen molar-refractivity contribution < 1.29 is 28.7 Å². The van der Waals surface area contributed by atoms with E-state index in [2.05, 4.69) is 43.8 Å². The van der Waals surface area contributed by atoms with E-state index in [9.17, 15) is 19.2 Å². The third kappa shape index (κ3) is 6.63. The normalized spacial score (nSPS) is 21.5. The molecular formula is C40H42N8O6. The predicted molar refractivity (Wildman–Crippen MR) is 199 cm³/mol. The van der Waals surface area contributed by atoms with Gasteiger partial charge >= 0.3 is 12.2 Å². The van der Waals surface area contributed by atoms with Gasteiger partial charge in [0.1, 0.15) is 23.7 Å². The highest BCUT2D eigenvalue weighted by Gasteiger charge is 2.45. The number of piperidine rings is 1. The first-order chi connectivity index (χ1) is 26.3. The summed E-state index contributed by atoms with van der Waals surface area (Å²) in [5.74, 6) is 1.13. The molecule has 3 fully saturated rings. The van der Waals surface area contributed by atoms with Gasteiger partial charge in [-0.05, 0) is 72.9 Å². The minimum absolute atomic E-state index is 0.0958. The van der Waals surface area contributed by atoms with E-state index in [0.29, 0.717) is 24.4 Å². The van der Waals surface area contributed by atoms with E-state index in [4.69, 9.17) is 14.5 Å². The molecule has 0 radical (unpaired) electrons. The van der Waals surface area contributed by atoms with Gasteiger partial charge in [0.05, 0.1) is 49.2 Å². The molecule has 3 aromatic carbocycles. The van der Waals surface area contributed by atoms with Crippen LogP contribution < -0.4 is 10.6 Å². The van der Waals surface area contributed by atoms with Gasteiger partial charge in [0.25, 0.3) is 5.91 Å². The fourth-order valence-electron chi connectivity index (χ4n) is 8.22. The number of methoxy groups -OCH3 is 2. The van der Waals surface area contributed by atoms with Gasteiger partial charge in [-0.2, -0.15) is 0 Å².